The zero-order valence-electron chi connectivity index (χ0n) is 19.1. The van der Waals surface area contributed by atoms with Gasteiger partial charge in [0.15, 0.2) is 5.76 Å². The highest BCUT2D eigenvalue weighted by atomic mass is 16.3. The van der Waals surface area contributed by atoms with Crippen molar-refractivity contribution in [2.75, 3.05) is 10.6 Å². The Balaban J connectivity index is 1.41. The molecule has 7 heteroatoms. The minimum absolute atomic E-state index is 0.282. The van der Waals surface area contributed by atoms with Crippen molar-refractivity contribution in [1.29, 1.82) is 0 Å². The number of aromatic nitrogens is 3. The van der Waals surface area contributed by atoms with Gasteiger partial charge in [0.1, 0.15) is 5.76 Å². The van der Waals surface area contributed by atoms with Gasteiger partial charge in [-0.15, -0.1) is 0 Å². The minimum atomic E-state index is -0.298. The summed E-state index contributed by atoms with van der Waals surface area (Å²) in [6.45, 7) is 5.72. The fraction of sp³-hybridized carbons (Fsp3) is 0.111. The number of furan rings is 1. The molecule has 0 saturated carbocycles. The van der Waals surface area contributed by atoms with Crippen molar-refractivity contribution in [3.8, 4) is 11.3 Å². The highest BCUT2D eigenvalue weighted by Gasteiger charge is 2.14. The first-order valence-electron chi connectivity index (χ1n) is 10.9. The highest BCUT2D eigenvalue weighted by Crippen LogP contribution is 2.28. The molecule has 3 aromatic heterocycles. The van der Waals surface area contributed by atoms with Gasteiger partial charge in [-0.25, -0.2) is 9.97 Å². The molecule has 2 aromatic carbocycles. The van der Waals surface area contributed by atoms with Crippen LogP contribution in [-0.4, -0.2) is 20.9 Å². The average molecular weight is 450 g/mol. The number of hydrogen-bond donors (Lipinski definition) is 2. The van der Waals surface area contributed by atoms with Crippen molar-refractivity contribution < 1.29 is 9.21 Å². The molecular weight excluding hydrogens is 426 g/mol. The minimum Gasteiger partial charge on any atom is -0.456 e. The lowest BCUT2D eigenvalue weighted by atomic mass is 10.1. The van der Waals surface area contributed by atoms with Crippen molar-refractivity contribution in [2.45, 2.75) is 20.8 Å². The Bertz CT molecular complexity index is 1500. The number of carbonyl (C=O) groups is 1. The number of rotatable bonds is 5. The molecular formula is C27H23N5O2. The predicted octanol–water partition coefficient (Wildman–Crippen LogP) is 6.21. The summed E-state index contributed by atoms with van der Waals surface area (Å²) in [7, 11) is 0. The van der Waals surface area contributed by atoms with E-state index in [0.29, 0.717) is 11.6 Å². The van der Waals surface area contributed by atoms with Gasteiger partial charge < -0.3 is 15.1 Å². The van der Waals surface area contributed by atoms with E-state index in [2.05, 4.69) is 26.7 Å². The number of anilines is 3. The molecule has 0 atom stereocenters. The van der Waals surface area contributed by atoms with E-state index in [1.165, 1.54) is 0 Å². The first-order chi connectivity index (χ1) is 16.5. The second-order valence-corrected chi connectivity index (χ2v) is 8.13. The predicted molar refractivity (Wildman–Crippen MR) is 133 cm³/mol. The van der Waals surface area contributed by atoms with Crippen LogP contribution >= 0.6 is 0 Å². The third-order valence-electron chi connectivity index (χ3n) is 5.73. The zero-order valence-corrected chi connectivity index (χ0v) is 19.1. The molecule has 1 amide bonds. The number of aryl methyl sites for hydroxylation is 3. The Labute approximate surface area is 196 Å². The number of amides is 1. The summed E-state index contributed by atoms with van der Waals surface area (Å²) in [5, 5.41) is 8.29. The number of pyridine rings is 1. The van der Waals surface area contributed by atoms with Crippen LogP contribution < -0.4 is 10.6 Å². The molecule has 7 nitrogen and oxygen atoms in total. The maximum Gasteiger partial charge on any atom is 0.291 e. The normalized spacial score (nSPS) is 10.9. The summed E-state index contributed by atoms with van der Waals surface area (Å²) in [5.74, 6) is 1.17. The van der Waals surface area contributed by atoms with Crippen LogP contribution in [-0.2, 0) is 0 Å². The van der Waals surface area contributed by atoms with Crippen LogP contribution in [0.2, 0.25) is 0 Å². The molecule has 0 fully saturated rings. The molecule has 5 aromatic rings. The monoisotopic (exact) mass is 449 g/mol. The van der Waals surface area contributed by atoms with Gasteiger partial charge in [-0.3, -0.25) is 9.78 Å². The molecule has 2 N–H and O–H groups in total. The fourth-order valence-electron chi connectivity index (χ4n) is 3.72. The van der Waals surface area contributed by atoms with E-state index >= 15 is 0 Å². The van der Waals surface area contributed by atoms with Gasteiger partial charge in [0, 0.05) is 40.9 Å². The average Bonchev–Trinajstić information content (AvgIpc) is 3.19. The summed E-state index contributed by atoms with van der Waals surface area (Å²) in [6.07, 6.45) is 5.37. The SMILES string of the molecule is Cc1ccc(NC(=O)c2cc(C)c(C)o2)cc1Nc1nccc(-c2cncc3ccccc23)n1. The number of fused-ring (bicyclic) bond motifs is 1. The van der Waals surface area contributed by atoms with Crippen LogP contribution in [0.4, 0.5) is 17.3 Å². The lowest BCUT2D eigenvalue weighted by Crippen LogP contribution is -2.11. The molecule has 34 heavy (non-hydrogen) atoms. The molecule has 3 heterocycles. The van der Waals surface area contributed by atoms with E-state index in [1.807, 2.05) is 75.6 Å². The third kappa shape index (κ3) is 4.23. The molecule has 168 valence electrons. The summed E-state index contributed by atoms with van der Waals surface area (Å²) < 4.78 is 5.53. The molecule has 0 aliphatic heterocycles. The summed E-state index contributed by atoms with van der Waals surface area (Å²) >= 11 is 0. The number of hydrogen-bond acceptors (Lipinski definition) is 6. The maximum absolute atomic E-state index is 12.6. The van der Waals surface area contributed by atoms with E-state index in [4.69, 9.17) is 9.40 Å². The topological polar surface area (TPSA) is 92.9 Å². The standard InChI is InChI=1S/C27H23N5O2/c1-16-8-9-20(30-26(33)25-12-17(2)18(3)34-25)13-24(16)32-27-29-11-10-23(31-27)22-15-28-14-19-6-4-5-7-21(19)22/h4-15H,1-3H3,(H,30,33)(H,29,31,32). The van der Waals surface area contributed by atoms with Gasteiger partial charge in [0.2, 0.25) is 5.95 Å². The number of nitrogens with zero attached hydrogens (tertiary/aromatic N) is 3. The van der Waals surface area contributed by atoms with E-state index < -0.39 is 0 Å². The van der Waals surface area contributed by atoms with E-state index in [9.17, 15) is 4.79 Å². The Kier molecular flexibility index (Phi) is 5.51. The van der Waals surface area contributed by atoms with Crippen LogP contribution in [0.1, 0.15) is 27.4 Å². The van der Waals surface area contributed by atoms with Crippen molar-refractivity contribution >= 4 is 34.0 Å². The second-order valence-electron chi connectivity index (χ2n) is 8.13. The molecule has 0 aliphatic rings. The molecule has 0 bridgehead atoms. The van der Waals surface area contributed by atoms with E-state index in [1.54, 1.807) is 12.3 Å². The van der Waals surface area contributed by atoms with E-state index in [-0.39, 0.29) is 11.7 Å². The lowest BCUT2D eigenvalue weighted by Gasteiger charge is -2.12. The summed E-state index contributed by atoms with van der Waals surface area (Å²) in [5.41, 5.74) is 5.06. The van der Waals surface area contributed by atoms with E-state index in [0.717, 1.165) is 44.6 Å². The van der Waals surface area contributed by atoms with Gasteiger partial charge in [-0.2, -0.15) is 0 Å². The van der Waals surface area contributed by atoms with Crippen LogP contribution in [0, 0.1) is 20.8 Å². The largest absolute Gasteiger partial charge is 0.456 e. The second kappa shape index (κ2) is 8.78. The Morgan fingerprint density at radius 3 is 2.62 bits per heavy atom. The smallest absolute Gasteiger partial charge is 0.291 e. The molecule has 5 rings (SSSR count). The van der Waals surface area contributed by atoms with Crippen LogP contribution in [0.3, 0.4) is 0 Å². The van der Waals surface area contributed by atoms with Crippen molar-refractivity contribution in [2.24, 2.45) is 0 Å². The number of nitrogens with one attached hydrogen (secondary N) is 2. The van der Waals surface area contributed by atoms with Crippen molar-refractivity contribution in [3.63, 3.8) is 0 Å². The number of carbonyl (C=O) groups excluding carboxylic acids is 1. The highest BCUT2D eigenvalue weighted by molar-refractivity contribution is 6.02. The van der Waals surface area contributed by atoms with Crippen LogP contribution in [0.5, 0.6) is 0 Å². The van der Waals surface area contributed by atoms with Crippen molar-refractivity contribution in [3.05, 3.63) is 95.8 Å². The quantitative estimate of drug-likeness (QED) is 0.332. The molecule has 0 radical (unpaired) electrons. The Morgan fingerprint density at radius 1 is 0.941 bits per heavy atom. The number of benzene rings is 2. The Hall–Kier alpha value is -4.52. The lowest BCUT2D eigenvalue weighted by molar-refractivity contribution is 0.0995. The van der Waals surface area contributed by atoms with Crippen LogP contribution in [0.25, 0.3) is 22.0 Å². The van der Waals surface area contributed by atoms with Crippen molar-refractivity contribution in [1.82, 2.24) is 15.0 Å². The van der Waals surface area contributed by atoms with Gasteiger partial charge in [-0.1, -0.05) is 30.3 Å². The summed E-state index contributed by atoms with van der Waals surface area (Å²) in [4.78, 5) is 26.0. The van der Waals surface area contributed by atoms with Crippen LogP contribution in [0.15, 0.2) is 77.6 Å². The first-order valence-corrected chi connectivity index (χ1v) is 10.9. The van der Waals surface area contributed by atoms with Gasteiger partial charge in [0.05, 0.1) is 5.69 Å². The molecule has 0 aliphatic carbocycles. The fourth-order valence-corrected chi connectivity index (χ4v) is 3.72. The first kappa shape index (κ1) is 21.3. The molecule has 0 spiro atoms. The zero-order chi connectivity index (χ0) is 23.7. The maximum atomic E-state index is 12.6. The Morgan fingerprint density at radius 2 is 1.79 bits per heavy atom. The molecule has 0 saturated heterocycles. The summed E-state index contributed by atoms with van der Waals surface area (Å²) in [6, 6.07) is 17.3. The third-order valence-corrected chi connectivity index (χ3v) is 5.73. The van der Waals surface area contributed by atoms with Gasteiger partial charge in [-0.05, 0) is 61.5 Å². The molecule has 0 unspecified atom stereocenters. The van der Waals surface area contributed by atoms with Gasteiger partial charge in [0.25, 0.3) is 5.91 Å². The van der Waals surface area contributed by atoms with Gasteiger partial charge >= 0.3 is 0 Å².